The number of rotatable bonds is 2. The number of benzene rings is 1. The predicted octanol–water partition coefficient (Wildman–Crippen LogP) is 3.50. The maximum Gasteiger partial charge on any atom is 0.266 e. The highest BCUT2D eigenvalue weighted by Crippen LogP contribution is 2.36. The van der Waals surface area contributed by atoms with Crippen LogP contribution in [0.2, 0.25) is 0 Å². The molecule has 0 saturated carbocycles. The van der Waals surface area contributed by atoms with E-state index in [1.807, 2.05) is 30.1 Å². The molecule has 2 heterocycles. The number of carbonyl (C=O) groups excluding carboxylic acids is 1. The van der Waals surface area contributed by atoms with Gasteiger partial charge in [0, 0.05) is 40.9 Å². The van der Waals surface area contributed by atoms with Crippen molar-refractivity contribution < 1.29 is 9.53 Å². The number of anilines is 1. The van der Waals surface area contributed by atoms with E-state index in [2.05, 4.69) is 15.9 Å². The van der Waals surface area contributed by atoms with Crippen molar-refractivity contribution in [1.82, 2.24) is 4.90 Å². The Hall–Kier alpha value is -1.11. The predicted molar refractivity (Wildman–Crippen MR) is 89.9 cm³/mol. The first-order valence-electron chi connectivity index (χ1n) is 6.90. The van der Waals surface area contributed by atoms with Gasteiger partial charge in [-0.3, -0.25) is 4.79 Å². The standard InChI is InChI=1S/C15H17BrN2O2S/c1-18(10-4-6-20-7-5-10)15(19)14-13(17)11-8-9(16)2-3-12(11)21-14/h2-3,8,10H,4-7,17H2,1H3. The molecule has 1 aliphatic rings. The van der Waals surface area contributed by atoms with E-state index in [0.29, 0.717) is 10.6 Å². The van der Waals surface area contributed by atoms with E-state index in [1.54, 1.807) is 0 Å². The zero-order valence-corrected chi connectivity index (χ0v) is 14.2. The van der Waals surface area contributed by atoms with E-state index in [-0.39, 0.29) is 11.9 Å². The van der Waals surface area contributed by atoms with Gasteiger partial charge in [0.25, 0.3) is 5.91 Å². The monoisotopic (exact) mass is 368 g/mol. The van der Waals surface area contributed by atoms with Crippen LogP contribution in [0.5, 0.6) is 0 Å². The van der Waals surface area contributed by atoms with Crippen molar-refractivity contribution in [2.75, 3.05) is 26.0 Å². The zero-order chi connectivity index (χ0) is 15.0. The highest BCUT2D eigenvalue weighted by Gasteiger charge is 2.26. The molecule has 1 aliphatic heterocycles. The first kappa shape index (κ1) is 14.8. The zero-order valence-electron chi connectivity index (χ0n) is 11.8. The van der Waals surface area contributed by atoms with E-state index < -0.39 is 0 Å². The van der Waals surface area contributed by atoms with Crippen LogP contribution in [0.25, 0.3) is 10.1 Å². The van der Waals surface area contributed by atoms with Gasteiger partial charge < -0.3 is 15.4 Å². The van der Waals surface area contributed by atoms with Crippen LogP contribution in [0, 0.1) is 0 Å². The maximum atomic E-state index is 12.7. The minimum Gasteiger partial charge on any atom is -0.397 e. The summed E-state index contributed by atoms with van der Waals surface area (Å²) in [5, 5.41) is 0.943. The summed E-state index contributed by atoms with van der Waals surface area (Å²) >= 11 is 4.91. The summed E-state index contributed by atoms with van der Waals surface area (Å²) in [6.07, 6.45) is 1.77. The molecular weight excluding hydrogens is 352 g/mol. The third-order valence-corrected chi connectivity index (χ3v) is 5.61. The molecule has 1 aromatic carbocycles. The van der Waals surface area contributed by atoms with Gasteiger partial charge in [0.1, 0.15) is 4.88 Å². The fourth-order valence-electron chi connectivity index (χ4n) is 2.65. The lowest BCUT2D eigenvalue weighted by Gasteiger charge is -2.31. The molecule has 1 amide bonds. The van der Waals surface area contributed by atoms with Crippen LogP contribution in [0.3, 0.4) is 0 Å². The summed E-state index contributed by atoms with van der Waals surface area (Å²) < 4.78 is 7.36. The highest BCUT2D eigenvalue weighted by atomic mass is 79.9. The van der Waals surface area contributed by atoms with E-state index >= 15 is 0 Å². The van der Waals surface area contributed by atoms with E-state index in [0.717, 1.165) is 40.6 Å². The Labute approximate surface area is 136 Å². The summed E-state index contributed by atoms with van der Waals surface area (Å²) in [7, 11) is 1.86. The SMILES string of the molecule is CN(C(=O)c1sc2ccc(Br)cc2c1N)C1CCOCC1. The number of nitrogens with two attached hydrogens (primary N) is 1. The van der Waals surface area contributed by atoms with Gasteiger partial charge >= 0.3 is 0 Å². The van der Waals surface area contributed by atoms with Gasteiger partial charge in [-0.2, -0.15) is 0 Å². The Morgan fingerprint density at radius 3 is 2.86 bits per heavy atom. The minimum atomic E-state index is 0.0109. The first-order valence-corrected chi connectivity index (χ1v) is 8.51. The topological polar surface area (TPSA) is 55.6 Å². The fourth-order valence-corrected chi connectivity index (χ4v) is 4.09. The van der Waals surface area contributed by atoms with Gasteiger partial charge in [-0.05, 0) is 31.0 Å². The number of hydrogen-bond acceptors (Lipinski definition) is 4. The molecule has 112 valence electrons. The molecular formula is C15H17BrN2O2S. The molecule has 0 spiro atoms. The molecule has 0 radical (unpaired) electrons. The highest BCUT2D eigenvalue weighted by molar-refractivity contribution is 9.10. The molecule has 21 heavy (non-hydrogen) atoms. The average molecular weight is 369 g/mol. The molecule has 6 heteroatoms. The number of nitrogen functional groups attached to an aromatic ring is 1. The summed E-state index contributed by atoms with van der Waals surface area (Å²) in [5.74, 6) is 0.0109. The maximum absolute atomic E-state index is 12.7. The van der Waals surface area contributed by atoms with Crippen LogP contribution in [0.15, 0.2) is 22.7 Å². The second-order valence-corrected chi connectivity index (χ2v) is 7.21. The van der Waals surface area contributed by atoms with E-state index in [1.165, 1.54) is 11.3 Å². The number of ether oxygens (including phenoxy) is 1. The number of fused-ring (bicyclic) bond motifs is 1. The third-order valence-electron chi connectivity index (χ3n) is 3.94. The molecule has 0 atom stereocenters. The summed E-state index contributed by atoms with van der Waals surface area (Å²) in [6, 6.07) is 6.16. The van der Waals surface area contributed by atoms with Gasteiger partial charge in [-0.15, -0.1) is 11.3 Å². The lowest BCUT2D eigenvalue weighted by Crippen LogP contribution is -2.40. The van der Waals surface area contributed by atoms with Crippen molar-refractivity contribution in [1.29, 1.82) is 0 Å². The molecule has 3 rings (SSSR count). The van der Waals surface area contributed by atoms with Crippen LogP contribution in [0.4, 0.5) is 5.69 Å². The molecule has 0 bridgehead atoms. The molecule has 4 nitrogen and oxygen atoms in total. The number of amides is 1. The number of carbonyl (C=O) groups is 1. The summed E-state index contributed by atoms with van der Waals surface area (Å²) in [5.41, 5.74) is 6.78. The van der Waals surface area contributed by atoms with Crippen molar-refractivity contribution >= 4 is 48.9 Å². The largest absolute Gasteiger partial charge is 0.397 e. The van der Waals surface area contributed by atoms with E-state index in [9.17, 15) is 4.79 Å². The first-order chi connectivity index (χ1) is 10.1. The normalized spacial score (nSPS) is 16.3. The molecule has 0 aliphatic carbocycles. The van der Waals surface area contributed by atoms with Crippen molar-refractivity contribution in [3.8, 4) is 0 Å². The number of nitrogens with zero attached hydrogens (tertiary/aromatic N) is 1. The third kappa shape index (κ3) is 2.80. The minimum absolute atomic E-state index is 0.0109. The van der Waals surface area contributed by atoms with Crippen LogP contribution >= 0.6 is 27.3 Å². The Kier molecular flexibility index (Phi) is 4.19. The molecule has 1 aromatic heterocycles. The van der Waals surface area contributed by atoms with Gasteiger partial charge in [0.05, 0.1) is 5.69 Å². The Morgan fingerprint density at radius 2 is 2.14 bits per heavy atom. The van der Waals surface area contributed by atoms with Gasteiger partial charge in [0.2, 0.25) is 0 Å². The van der Waals surface area contributed by atoms with Gasteiger partial charge in [0.15, 0.2) is 0 Å². The van der Waals surface area contributed by atoms with Crippen LogP contribution in [-0.2, 0) is 4.74 Å². The van der Waals surface area contributed by atoms with Crippen molar-refractivity contribution in [2.24, 2.45) is 0 Å². The molecule has 2 N–H and O–H groups in total. The van der Waals surface area contributed by atoms with Crippen LogP contribution in [0.1, 0.15) is 22.5 Å². The molecule has 1 fully saturated rings. The Bertz CT molecular complexity index is 680. The Morgan fingerprint density at radius 1 is 1.43 bits per heavy atom. The van der Waals surface area contributed by atoms with Crippen LogP contribution in [-0.4, -0.2) is 37.1 Å². The number of halogens is 1. The lowest BCUT2D eigenvalue weighted by atomic mass is 10.1. The Balaban J connectivity index is 1.92. The molecule has 0 unspecified atom stereocenters. The molecule has 2 aromatic rings. The average Bonchev–Trinajstić information content (AvgIpc) is 2.83. The summed E-state index contributed by atoms with van der Waals surface area (Å²) in [4.78, 5) is 15.2. The van der Waals surface area contributed by atoms with Crippen molar-refractivity contribution in [3.63, 3.8) is 0 Å². The quantitative estimate of drug-likeness (QED) is 0.882. The second kappa shape index (κ2) is 5.94. The molecule has 1 saturated heterocycles. The summed E-state index contributed by atoms with van der Waals surface area (Å²) in [6.45, 7) is 1.44. The van der Waals surface area contributed by atoms with Crippen LogP contribution < -0.4 is 5.73 Å². The second-order valence-electron chi connectivity index (χ2n) is 5.24. The van der Waals surface area contributed by atoms with Crippen molar-refractivity contribution in [3.05, 3.63) is 27.5 Å². The number of thiophene rings is 1. The number of hydrogen-bond donors (Lipinski definition) is 1. The smallest absolute Gasteiger partial charge is 0.266 e. The van der Waals surface area contributed by atoms with Crippen molar-refractivity contribution in [2.45, 2.75) is 18.9 Å². The lowest BCUT2D eigenvalue weighted by molar-refractivity contribution is 0.0365. The van der Waals surface area contributed by atoms with Gasteiger partial charge in [-0.1, -0.05) is 15.9 Å². The van der Waals surface area contributed by atoms with E-state index in [4.69, 9.17) is 10.5 Å². The fraction of sp³-hybridized carbons (Fsp3) is 0.400. The van der Waals surface area contributed by atoms with Gasteiger partial charge in [-0.25, -0.2) is 0 Å².